The number of nitrogens with zero attached hydrogens (tertiary/aromatic N) is 2. The molecule has 0 aliphatic carbocycles. The van der Waals surface area contributed by atoms with E-state index in [4.69, 9.17) is 21.1 Å². The molecule has 2 aromatic heterocycles. The van der Waals surface area contributed by atoms with Crippen molar-refractivity contribution in [1.29, 1.82) is 0 Å². The van der Waals surface area contributed by atoms with Crippen LogP contribution in [0.2, 0.25) is 5.02 Å². The number of ether oxygens (including phenoxy) is 2. The van der Waals surface area contributed by atoms with Gasteiger partial charge in [0.2, 0.25) is 10.0 Å². The number of aromatic nitrogens is 3. The first-order chi connectivity index (χ1) is 12.8. The predicted molar refractivity (Wildman–Crippen MR) is 107 cm³/mol. The fraction of sp³-hybridized carbons (Fsp3) is 0.389. The average Bonchev–Trinajstić information content (AvgIpc) is 3.26. The molecule has 0 spiro atoms. The quantitative estimate of drug-likeness (QED) is 0.625. The molecule has 0 saturated carbocycles. The highest BCUT2D eigenvalue weighted by molar-refractivity contribution is 7.89. The Labute approximate surface area is 164 Å². The number of hydrogen-bond acceptors (Lipinski definition) is 5. The highest BCUT2D eigenvalue weighted by atomic mass is 35.5. The van der Waals surface area contributed by atoms with Gasteiger partial charge in [0.15, 0.2) is 6.29 Å². The third kappa shape index (κ3) is 5.32. The molecule has 7 nitrogen and oxygen atoms in total. The number of benzene rings is 1. The van der Waals surface area contributed by atoms with E-state index in [0.29, 0.717) is 17.0 Å². The molecule has 0 saturated heterocycles. The summed E-state index contributed by atoms with van der Waals surface area (Å²) in [6, 6.07) is 5.24. The second-order valence-corrected chi connectivity index (χ2v) is 8.14. The van der Waals surface area contributed by atoms with Crippen molar-refractivity contribution in [3.05, 3.63) is 53.2 Å². The molecule has 3 rings (SSSR count). The highest BCUT2D eigenvalue weighted by Gasteiger charge is 2.17. The minimum Gasteiger partial charge on any atom is -0.356 e. The zero-order chi connectivity index (χ0) is 20.0. The van der Waals surface area contributed by atoms with Gasteiger partial charge in [-0.25, -0.2) is 17.4 Å². The molecule has 0 aliphatic rings. The number of imidazole rings is 1. The molecule has 9 heteroatoms. The number of rotatable bonds is 6. The van der Waals surface area contributed by atoms with Crippen LogP contribution in [0.5, 0.6) is 0 Å². The van der Waals surface area contributed by atoms with E-state index >= 15 is 0 Å². The fourth-order valence-corrected chi connectivity index (χ4v) is 3.82. The van der Waals surface area contributed by atoms with Crippen molar-refractivity contribution < 1.29 is 17.9 Å². The summed E-state index contributed by atoms with van der Waals surface area (Å²) in [7, 11) is -0.104. The molecule has 0 bridgehead atoms. The van der Waals surface area contributed by atoms with E-state index in [1.54, 1.807) is 51.0 Å². The van der Waals surface area contributed by atoms with Gasteiger partial charge in [0, 0.05) is 44.6 Å². The van der Waals surface area contributed by atoms with E-state index in [1.165, 1.54) is 10.2 Å². The number of methoxy groups -OCH3 is 2. The predicted octanol–water partition coefficient (Wildman–Crippen LogP) is 3.43. The summed E-state index contributed by atoms with van der Waals surface area (Å²) in [6.07, 6.45) is 7.56. The van der Waals surface area contributed by atoms with Gasteiger partial charge in [-0.05, 0) is 24.1 Å². The summed E-state index contributed by atoms with van der Waals surface area (Å²) in [5.74, 6) is 0.762. The van der Waals surface area contributed by atoms with Gasteiger partial charge in [-0.1, -0.05) is 24.6 Å². The molecule has 0 aliphatic heterocycles. The number of H-pyrrole nitrogens is 1. The zero-order valence-electron chi connectivity index (χ0n) is 15.8. The Balaban J connectivity index is 0.000000321. The van der Waals surface area contributed by atoms with Crippen LogP contribution in [0.3, 0.4) is 0 Å². The molecule has 2 heterocycles. The third-order valence-corrected chi connectivity index (χ3v) is 5.28. The Bertz CT molecular complexity index is 959. The Morgan fingerprint density at radius 1 is 1.30 bits per heavy atom. The van der Waals surface area contributed by atoms with E-state index in [-0.39, 0.29) is 6.29 Å². The van der Waals surface area contributed by atoms with E-state index in [0.717, 1.165) is 23.2 Å². The Hall–Kier alpha value is -1.87. The molecular weight excluding hydrogens is 390 g/mol. The van der Waals surface area contributed by atoms with Crippen LogP contribution in [-0.2, 0) is 25.9 Å². The maximum Gasteiger partial charge on any atom is 0.236 e. The summed E-state index contributed by atoms with van der Waals surface area (Å²) < 4.78 is 34.6. The summed E-state index contributed by atoms with van der Waals surface area (Å²) >= 11 is 6.23. The molecule has 1 aromatic carbocycles. The molecule has 148 valence electrons. The molecule has 0 amide bonds. The molecule has 1 N–H and O–H groups in total. The standard InChI is InChI=1S/C13H12ClN3O2S.C5H12O2/c1-20(18,19)17-8-9(7-12-15-5-6-16-12)13-10(14)3-2-4-11(13)17;1-4-5(6-2)7-3/h2-6,8H,7H2,1H3,(H,15,16);5H,4H2,1-3H3. The summed E-state index contributed by atoms with van der Waals surface area (Å²) in [6.45, 7) is 2.01. The first kappa shape index (κ1) is 21.4. The van der Waals surface area contributed by atoms with Gasteiger partial charge in [0.1, 0.15) is 5.82 Å². The van der Waals surface area contributed by atoms with Crippen molar-refractivity contribution in [2.24, 2.45) is 0 Å². The summed E-state index contributed by atoms with van der Waals surface area (Å²) in [5.41, 5.74) is 1.41. The molecule has 0 radical (unpaired) electrons. The van der Waals surface area contributed by atoms with Crippen LogP contribution in [0.25, 0.3) is 10.9 Å². The van der Waals surface area contributed by atoms with Crippen molar-refractivity contribution in [3.8, 4) is 0 Å². The lowest BCUT2D eigenvalue weighted by atomic mass is 10.1. The van der Waals surface area contributed by atoms with Crippen molar-refractivity contribution in [2.75, 3.05) is 20.5 Å². The lowest BCUT2D eigenvalue weighted by Crippen LogP contribution is -2.10. The molecule has 3 aromatic rings. The van der Waals surface area contributed by atoms with Gasteiger partial charge in [0.05, 0.1) is 16.8 Å². The van der Waals surface area contributed by atoms with Crippen LogP contribution in [0, 0.1) is 0 Å². The van der Waals surface area contributed by atoms with Crippen LogP contribution >= 0.6 is 11.6 Å². The number of fused-ring (bicyclic) bond motifs is 1. The van der Waals surface area contributed by atoms with E-state index < -0.39 is 10.0 Å². The largest absolute Gasteiger partial charge is 0.356 e. The maximum atomic E-state index is 11.9. The lowest BCUT2D eigenvalue weighted by Gasteiger charge is -2.08. The molecular formula is C18H24ClN3O4S. The first-order valence-electron chi connectivity index (χ1n) is 8.34. The van der Waals surface area contributed by atoms with E-state index in [2.05, 4.69) is 9.97 Å². The van der Waals surface area contributed by atoms with Crippen LogP contribution in [0.4, 0.5) is 0 Å². The Morgan fingerprint density at radius 2 is 2.00 bits per heavy atom. The highest BCUT2D eigenvalue weighted by Crippen LogP contribution is 2.30. The zero-order valence-corrected chi connectivity index (χ0v) is 17.3. The van der Waals surface area contributed by atoms with Crippen LogP contribution in [0.15, 0.2) is 36.8 Å². The normalized spacial score (nSPS) is 11.6. The molecule has 0 atom stereocenters. The number of hydrogen-bond donors (Lipinski definition) is 1. The van der Waals surface area contributed by atoms with Gasteiger partial charge >= 0.3 is 0 Å². The van der Waals surface area contributed by atoms with E-state index in [9.17, 15) is 8.42 Å². The lowest BCUT2D eigenvalue weighted by molar-refractivity contribution is -0.103. The van der Waals surface area contributed by atoms with Gasteiger partial charge in [-0.3, -0.25) is 0 Å². The van der Waals surface area contributed by atoms with Crippen molar-refractivity contribution >= 4 is 32.5 Å². The SMILES string of the molecule is CCC(OC)OC.CS(=O)(=O)n1cc(Cc2ncc[nH]2)c2c(Cl)cccc21. The van der Waals surface area contributed by atoms with Crippen molar-refractivity contribution in [3.63, 3.8) is 0 Å². The van der Waals surface area contributed by atoms with Gasteiger partial charge in [-0.2, -0.15) is 0 Å². The second kappa shape index (κ2) is 9.36. The Kier molecular flexibility index (Phi) is 7.43. The minimum atomic E-state index is -3.38. The minimum absolute atomic E-state index is 0.0139. The number of aromatic amines is 1. The van der Waals surface area contributed by atoms with Gasteiger partial charge in [0.25, 0.3) is 0 Å². The molecule has 0 unspecified atom stereocenters. The smallest absolute Gasteiger partial charge is 0.236 e. The number of nitrogens with one attached hydrogen (secondary N) is 1. The maximum absolute atomic E-state index is 11.9. The van der Waals surface area contributed by atoms with E-state index in [1.807, 2.05) is 6.92 Å². The Morgan fingerprint density at radius 3 is 2.48 bits per heavy atom. The summed E-state index contributed by atoms with van der Waals surface area (Å²) in [4.78, 5) is 7.17. The molecule has 0 fully saturated rings. The van der Waals surface area contributed by atoms with Gasteiger partial charge < -0.3 is 14.5 Å². The van der Waals surface area contributed by atoms with Crippen LogP contribution < -0.4 is 0 Å². The monoisotopic (exact) mass is 413 g/mol. The number of halogens is 1. The van der Waals surface area contributed by atoms with Crippen LogP contribution in [-0.4, -0.2) is 49.1 Å². The van der Waals surface area contributed by atoms with Crippen molar-refractivity contribution in [1.82, 2.24) is 13.9 Å². The third-order valence-electron chi connectivity index (χ3n) is 3.95. The fourth-order valence-electron chi connectivity index (χ4n) is 2.70. The van der Waals surface area contributed by atoms with Crippen molar-refractivity contribution in [2.45, 2.75) is 26.1 Å². The first-order valence-corrected chi connectivity index (χ1v) is 10.6. The van der Waals surface area contributed by atoms with Gasteiger partial charge in [-0.15, -0.1) is 0 Å². The molecule has 27 heavy (non-hydrogen) atoms. The van der Waals surface area contributed by atoms with Crippen LogP contribution in [0.1, 0.15) is 24.7 Å². The second-order valence-electron chi connectivity index (χ2n) is 5.87. The summed E-state index contributed by atoms with van der Waals surface area (Å²) in [5, 5.41) is 1.28. The topological polar surface area (TPSA) is 86.2 Å². The average molecular weight is 414 g/mol.